The summed E-state index contributed by atoms with van der Waals surface area (Å²) in [6.45, 7) is 5.75. The van der Waals surface area contributed by atoms with Gasteiger partial charge in [-0.25, -0.2) is 0 Å². The lowest BCUT2D eigenvalue weighted by Gasteiger charge is -2.10. The van der Waals surface area contributed by atoms with Crippen LogP contribution in [-0.4, -0.2) is 18.4 Å². The molecule has 118 valence electrons. The Kier molecular flexibility index (Phi) is 5.55. The number of amides is 2. The van der Waals surface area contributed by atoms with Crippen molar-refractivity contribution in [1.82, 2.24) is 5.32 Å². The molecule has 0 heterocycles. The lowest BCUT2D eigenvalue weighted by Crippen LogP contribution is -2.23. The fourth-order valence-electron chi connectivity index (χ4n) is 2.01. The maximum absolute atomic E-state index is 12.4. The van der Waals surface area contributed by atoms with E-state index in [4.69, 9.17) is 11.6 Å². The Morgan fingerprint density at radius 1 is 1.13 bits per heavy atom. The smallest absolute Gasteiger partial charge is 0.255 e. The average Bonchev–Trinajstić information content (AvgIpc) is 2.57. The number of rotatable bonds is 5. The van der Waals surface area contributed by atoms with E-state index in [0.29, 0.717) is 28.4 Å². The van der Waals surface area contributed by atoms with E-state index in [2.05, 4.69) is 17.2 Å². The van der Waals surface area contributed by atoms with Gasteiger partial charge in [0.05, 0.1) is 0 Å². The summed E-state index contributed by atoms with van der Waals surface area (Å²) in [5.41, 5.74) is 2.25. The molecule has 2 aromatic rings. The van der Waals surface area contributed by atoms with E-state index in [1.165, 1.54) is 0 Å². The van der Waals surface area contributed by atoms with Crippen molar-refractivity contribution in [2.75, 3.05) is 11.9 Å². The van der Waals surface area contributed by atoms with Crippen LogP contribution in [0.3, 0.4) is 0 Å². The van der Waals surface area contributed by atoms with Gasteiger partial charge in [-0.05, 0) is 42.8 Å². The van der Waals surface area contributed by atoms with Crippen LogP contribution >= 0.6 is 11.6 Å². The molecule has 0 aliphatic rings. The molecular weight excluding hydrogens is 312 g/mol. The van der Waals surface area contributed by atoms with E-state index in [0.717, 1.165) is 5.56 Å². The molecule has 0 unspecified atom stereocenters. The van der Waals surface area contributed by atoms with Gasteiger partial charge in [-0.15, -0.1) is 6.58 Å². The minimum absolute atomic E-state index is 0.251. The Morgan fingerprint density at radius 3 is 2.48 bits per heavy atom. The number of carbonyl (C=O) groups is 2. The first-order valence-electron chi connectivity index (χ1n) is 7.08. The van der Waals surface area contributed by atoms with Gasteiger partial charge in [-0.2, -0.15) is 0 Å². The van der Waals surface area contributed by atoms with Crippen LogP contribution in [-0.2, 0) is 0 Å². The third-order valence-corrected chi connectivity index (χ3v) is 3.72. The van der Waals surface area contributed by atoms with Crippen LogP contribution in [0.5, 0.6) is 0 Å². The molecule has 0 aromatic heterocycles. The number of carbonyl (C=O) groups excluding carboxylic acids is 2. The fourth-order valence-corrected chi connectivity index (χ4v) is 2.18. The molecule has 2 rings (SSSR count). The second-order valence-corrected chi connectivity index (χ2v) is 5.35. The lowest BCUT2D eigenvalue weighted by atomic mass is 10.1. The van der Waals surface area contributed by atoms with Gasteiger partial charge in [0.25, 0.3) is 11.8 Å². The summed E-state index contributed by atoms with van der Waals surface area (Å²) in [5.74, 6) is -0.549. The van der Waals surface area contributed by atoms with Gasteiger partial charge in [0, 0.05) is 28.4 Å². The Bertz CT molecular complexity index is 756. The summed E-state index contributed by atoms with van der Waals surface area (Å²) < 4.78 is 0. The maximum Gasteiger partial charge on any atom is 0.255 e. The van der Waals surface area contributed by atoms with Crippen molar-refractivity contribution < 1.29 is 9.59 Å². The number of halogens is 1. The van der Waals surface area contributed by atoms with E-state index in [-0.39, 0.29) is 11.8 Å². The second-order valence-electron chi connectivity index (χ2n) is 4.95. The minimum atomic E-state index is -0.297. The zero-order valence-electron chi connectivity index (χ0n) is 12.7. The summed E-state index contributed by atoms with van der Waals surface area (Å²) in [6.07, 6.45) is 1.59. The van der Waals surface area contributed by atoms with E-state index >= 15 is 0 Å². The van der Waals surface area contributed by atoms with Crippen molar-refractivity contribution in [2.45, 2.75) is 6.92 Å². The van der Waals surface area contributed by atoms with Crippen LogP contribution in [0, 0.1) is 6.92 Å². The topological polar surface area (TPSA) is 58.2 Å². The van der Waals surface area contributed by atoms with Crippen LogP contribution < -0.4 is 10.6 Å². The number of nitrogens with one attached hydrogen (secondary N) is 2. The van der Waals surface area contributed by atoms with Crippen molar-refractivity contribution in [3.05, 3.63) is 76.8 Å². The number of anilines is 1. The SMILES string of the molecule is C=CCNC(=O)c1cccc(C(=O)Nc2cccc(Cl)c2C)c1. The first kappa shape index (κ1) is 16.8. The summed E-state index contributed by atoms with van der Waals surface area (Å²) in [5, 5.41) is 6.06. The molecule has 0 bridgehead atoms. The number of hydrogen-bond acceptors (Lipinski definition) is 2. The van der Waals surface area contributed by atoms with Crippen molar-refractivity contribution in [1.29, 1.82) is 0 Å². The molecule has 0 saturated heterocycles. The van der Waals surface area contributed by atoms with Gasteiger partial charge in [-0.1, -0.05) is 29.8 Å². The predicted molar refractivity (Wildman–Crippen MR) is 93.1 cm³/mol. The van der Waals surface area contributed by atoms with Crippen LogP contribution in [0.4, 0.5) is 5.69 Å². The molecule has 0 atom stereocenters. The van der Waals surface area contributed by atoms with Crippen molar-refractivity contribution >= 4 is 29.1 Å². The first-order valence-corrected chi connectivity index (χ1v) is 7.46. The third-order valence-electron chi connectivity index (χ3n) is 3.31. The van der Waals surface area contributed by atoms with Crippen LogP contribution in [0.25, 0.3) is 0 Å². The molecule has 0 spiro atoms. The third kappa shape index (κ3) is 4.20. The zero-order valence-corrected chi connectivity index (χ0v) is 13.5. The monoisotopic (exact) mass is 328 g/mol. The van der Waals surface area contributed by atoms with Gasteiger partial charge in [0.2, 0.25) is 0 Å². The fraction of sp³-hybridized carbons (Fsp3) is 0.111. The highest BCUT2D eigenvalue weighted by molar-refractivity contribution is 6.31. The molecule has 0 aliphatic heterocycles. The molecule has 2 N–H and O–H groups in total. The zero-order chi connectivity index (χ0) is 16.8. The average molecular weight is 329 g/mol. The standard InChI is InChI=1S/C18H17ClN2O2/c1-3-10-20-17(22)13-6-4-7-14(11-13)18(23)21-16-9-5-8-15(19)12(16)2/h3-9,11H,1,10H2,2H3,(H,20,22)(H,21,23). The van der Waals surface area contributed by atoms with Gasteiger partial charge >= 0.3 is 0 Å². The highest BCUT2D eigenvalue weighted by atomic mass is 35.5. The molecule has 0 fully saturated rings. The van der Waals surface area contributed by atoms with Crippen LogP contribution in [0.15, 0.2) is 55.1 Å². The number of benzene rings is 2. The minimum Gasteiger partial charge on any atom is -0.349 e. The lowest BCUT2D eigenvalue weighted by molar-refractivity contribution is 0.0958. The highest BCUT2D eigenvalue weighted by Gasteiger charge is 2.12. The summed E-state index contributed by atoms with van der Waals surface area (Å²) in [4.78, 5) is 24.3. The molecule has 23 heavy (non-hydrogen) atoms. The Hall–Kier alpha value is -2.59. The summed E-state index contributed by atoms with van der Waals surface area (Å²) in [7, 11) is 0. The first-order chi connectivity index (χ1) is 11.0. The number of hydrogen-bond donors (Lipinski definition) is 2. The Balaban J connectivity index is 2.18. The molecule has 0 radical (unpaired) electrons. The predicted octanol–water partition coefficient (Wildman–Crippen LogP) is 3.82. The Morgan fingerprint density at radius 2 is 1.78 bits per heavy atom. The van der Waals surface area contributed by atoms with Crippen LogP contribution in [0.2, 0.25) is 5.02 Å². The second kappa shape index (κ2) is 7.61. The summed E-state index contributed by atoms with van der Waals surface area (Å²) in [6, 6.07) is 11.8. The molecular formula is C18H17ClN2O2. The van der Waals surface area contributed by atoms with Gasteiger partial charge < -0.3 is 10.6 Å². The molecule has 2 aromatic carbocycles. The molecule has 0 aliphatic carbocycles. The van der Waals surface area contributed by atoms with Gasteiger partial charge in [0.15, 0.2) is 0 Å². The van der Waals surface area contributed by atoms with E-state index < -0.39 is 0 Å². The van der Waals surface area contributed by atoms with E-state index in [9.17, 15) is 9.59 Å². The Labute approximate surface area is 140 Å². The highest BCUT2D eigenvalue weighted by Crippen LogP contribution is 2.23. The van der Waals surface area contributed by atoms with Crippen molar-refractivity contribution in [3.8, 4) is 0 Å². The van der Waals surface area contributed by atoms with Crippen LogP contribution in [0.1, 0.15) is 26.3 Å². The summed E-state index contributed by atoms with van der Waals surface area (Å²) >= 11 is 6.05. The quantitative estimate of drug-likeness (QED) is 0.820. The van der Waals surface area contributed by atoms with Crippen molar-refractivity contribution in [3.63, 3.8) is 0 Å². The van der Waals surface area contributed by atoms with Gasteiger partial charge in [0.1, 0.15) is 0 Å². The largest absolute Gasteiger partial charge is 0.349 e. The molecule has 4 nitrogen and oxygen atoms in total. The maximum atomic E-state index is 12.4. The van der Waals surface area contributed by atoms with E-state index in [1.807, 2.05) is 6.92 Å². The molecule has 5 heteroatoms. The van der Waals surface area contributed by atoms with E-state index in [1.54, 1.807) is 48.5 Å². The molecule has 2 amide bonds. The van der Waals surface area contributed by atoms with Crippen molar-refractivity contribution in [2.24, 2.45) is 0 Å². The van der Waals surface area contributed by atoms with Gasteiger partial charge in [-0.3, -0.25) is 9.59 Å². The normalized spacial score (nSPS) is 10.0. The molecule has 0 saturated carbocycles.